The van der Waals surface area contributed by atoms with Gasteiger partial charge in [-0.05, 0) is 31.9 Å². The highest BCUT2D eigenvalue weighted by Crippen LogP contribution is 2.40. The molecule has 8 heteroatoms. The van der Waals surface area contributed by atoms with E-state index in [1.807, 2.05) is 19.1 Å². The molecule has 0 saturated carbocycles. The summed E-state index contributed by atoms with van der Waals surface area (Å²) in [5.74, 6) is 0.921. The molecule has 24 heavy (non-hydrogen) atoms. The van der Waals surface area contributed by atoms with Crippen molar-refractivity contribution in [1.29, 1.82) is 0 Å². The number of ether oxygens (including phenoxy) is 2. The molecular weight excluding hydrogens is 330 g/mol. The van der Waals surface area contributed by atoms with Crippen LogP contribution < -0.4 is 4.74 Å². The largest absolute Gasteiger partial charge is 0.489 e. The van der Waals surface area contributed by atoms with Crippen LogP contribution in [0.15, 0.2) is 24.5 Å². The molecule has 1 aromatic heterocycles. The van der Waals surface area contributed by atoms with Crippen LogP contribution in [0.2, 0.25) is 0 Å². The first-order valence-electron chi connectivity index (χ1n) is 8.18. The van der Waals surface area contributed by atoms with Crippen LogP contribution in [0.1, 0.15) is 19.8 Å². The van der Waals surface area contributed by atoms with Gasteiger partial charge in [-0.25, -0.2) is 0 Å². The van der Waals surface area contributed by atoms with Crippen LogP contribution in [0.4, 0.5) is 0 Å². The Labute approximate surface area is 143 Å². The van der Waals surface area contributed by atoms with Crippen molar-refractivity contribution >= 4 is 10.2 Å². The minimum Gasteiger partial charge on any atom is -0.489 e. The molecule has 7 nitrogen and oxygen atoms in total. The van der Waals surface area contributed by atoms with E-state index >= 15 is 0 Å². The first-order chi connectivity index (χ1) is 11.3. The maximum atomic E-state index is 12.3. The maximum absolute atomic E-state index is 12.3. The number of hydrogen-bond acceptors (Lipinski definition) is 5. The van der Waals surface area contributed by atoms with Crippen molar-refractivity contribution in [2.45, 2.75) is 31.5 Å². The molecule has 134 valence electrons. The van der Waals surface area contributed by atoms with E-state index in [0.717, 1.165) is 12.8 Å². The minimum atomic E-state index is -3.36. The van der Waals surface area contributed by atoms with Gasteiger partial charge in [-0.3, -0.25) is 4.98 Å². The highest BCUT2D eigenvalue weighted by atomic mass is 32.2. The van der Waals surface area contributed by atoms with Gasteiger partial charge in [0.25, 0.3) is 10.2 Å². The molecular formula is C16H25N3O4S. The van der Waals surface area contributed by atoms with Gasteiger partial charge in [0.2, 0.25) is 0 Å². The summed E-state index contributed by atoms with van der Waals surface area (Å²) in [6.07, 6.45) is 4.99. The molecule has 1 aromatic rings. The number of pyridine rings is 1. The smallest absolute Gasteiger partial charge is 0.281 e. The van der Waals surface area contributed by atoms with Crippen molar-refractivity contribution < 1.29 is 17.9 Å². The third-order valence-corrected chi connectivity index (χ3v) is 6.63. The van der Waals surface area contributed by atoms with Crippen LogP contribution in [0.3, 0.4) is 0 Å². The van der Waals surface area contributed by atoms with E-state index in [9.17, 15) is 8.42 Å². The molecule has 0 radical (unpaired) electrons. The van der Waals surface area contributed by atoms with Crippen molar-refractivity contribution in [3.8, 4) is 5.75 Å². The van der Waals surface area contributed by atoms with Gasteiger partial charge in [-0.15, -0.1) is 0 Å². The zero-order valence-electron chi connectivity index (χ0n) is 14.4. The fraction of sp³-hybridized carbons (Fsp3) is 0.688. The van der Waals surface area contributed by atoms with Crippen molar-refractivity contribution in [2.24, 2.45) is 5.92 Å². The summed E-state index contributed by atoms with van der Waals surface area (Å²) in [6.45, 7) is 3.48. The minimum absolute atomic E-state index is 0.0983. The van der Waals surface area contributed by atoms with Gasteiger partial charge >= 0.3 is 0 Å². The summed E-state index contributed by atoms with van der Waals surface area (Å²) in [7, 11) is -0.224. The molecule has 3 heterocycles. The van der Waals surface area contributed by atoms with E-state index in [1.165, 1.54) is 4.31 Å². The Balaban J connectivity index is 1.62. The van der Waals surface area contributed by atoms with Crippen LogP contribution in [-0.2, 0) is 14.9 Å². The molecule has 2 aliphatic heterocycles. The van der Waals surface area contributed by atoms with Crippen LogP contribution in [0.25, 0.3) is 0 Å². The SMILES string of the molecule is CN(C)S(=O)(=O)N1CC[C@@H]2O[C@@](C)(COc3cccnc3)C[C@@H]2C1. The highest BCUT2D eigenvalue weighted by Gasteiger charge is 2.48. The first kappa shape index (κ1) is 17.6. The monoisotopic (exact) mass is 355 g/mol. The average molecular weight is 355 g/mol. The molecule has 0 aliphatic carbocycles. The predicted molar refractivity (Wildman–Crippen MR) is 89.9 cm³/mol. The first-order valence-corrected chi connectivity index (χ1v) is 9.58. The van der Waals surface area contributed by atoms with E-state index in [4.69, 9.17) is 9.47 Å². The molecule has 0 aromatic carbocycles. The van der Waals surface area contributed by atoms with E-state index in [2.05, 4.69) is 4.98 Å². The molecule has 0 unspecified atom stereocenters. The fourth-order valence-electron chi connectivity index (χ4n) is 3.50. The summed E-state index contributed by atoms with van der Waals surface area (Å²) in [5.41, 5.74) is -0.400. The normalized spacial score (nSPS) is 31.2. The van der Waals surface area contributed by atoms with E-state index < -0.39 is 15.8 Å². The lowest BCUT2D eigenvalue weighted by molar-refractivity contribution is -0.0656. The number of piperidine rings is 1. The molecule has 0 N–H and O–H groups in total. The van der Waals surface area contributed by atoms with Gasteiger partial charge in [0, 0.05) is 39.3 Å². The molecule has 2 fully saturated rings. The summed E-state index contributed by atoms with van der Waals surface area (Å²) in [6, 6.07) is 3.70. The standard InChI is InChI=1S/C16H25N3O4S/c1-16(12-22-14-5-4-7-17-10-14)9-13-11-19(8-6-15(13)23-16)24(20,21)18(2)3/h4-5,7,10,13,15H,6,8-9,11-12H2,1-3H3/t13-,15+,16-/m1/s1. The number of fused-ring (bicyclic) bond motifs is 1. The predicted octanol–water partition coefficient (Wildman–Crippen LogP) is 1.14. The molecule has 2 aliphatic rings. The van der Waals surface area contributed by atoms with Gasteiger partial charge in [0.05, 0.1) is 12.3 Å². The number of aromatic nitrogens is 1. The molecule has 0 spiro atoms. The van der Waals surface area contributed by atoms with Crippen molar-refractivity contribution in [3.63, 3.8) is 0 Å². The van der Waals surface area contributed by atoms with Gasteiger partial charge in [-0.1, -0.05) is 0 Å². The number of hydrogen-bond donors (Lipinski definition) is 0. The zero-order chi connectivity index (χ0) is 17.4. The van der Waals surface area contributed by atoms with E-state index in [1.54, 1.807) is 30.8 Å². The van der Waals surface area contributed by atoms with Crippen molar-refractivity contribution in [3.05, 3.63) is 24.5 Å². The van der Waals surface area contributed by atoms with E-state index in [-0.39, 0.29) is 12.0 Å². The average Bonchev–Trinajstić information content (AvgIpc) is 2.89. The summed E-state index contributed by atoms with van der Waals surface area (Å²) in [4.78, 5) is 4.03. The Morgan fingerprint density at radius 3 is 2.96 bits per heavy atom. The van der Waals surface area contributed by atoms with Crippen LogP contribution >= 0.6 is 0 Å². The molecule has 0 amide bonds. The lowest BCUT2D eigenvalue weighted by atomic mass is 9.90. The number of nitrogens with zero attached hydrogens (tertiary/aromatic N) is 3. The van der Waals surface area contributed by atoms with E-state index in [0.29, 0.717) is 25.4 Å². The lowest BCUT2D eigenvalue weighted by Gasteiger charge is -2.34. The second kappa shape index (κ2) is 6.59. The van der Waals surface area contributed by atoms with Crippen molar-refractivity contribution in [2.75, 3.05) is 33.8 Å². The molecule has 3 rings (SSSR count). The Morgan fingerprint density at radius 2 is 2.29 bits per heavy atom. The zero-order valence-corrected chi connectivity index (χ0v) is 15.2. The maximum Gasteiger partial charge on any atom is 0.281 e. The van der Waals surface area contributed by atoms with Crippen LogP contribution in [0.5, 0.6) is 5.75 Å². The molecule has 3 atom stereocenters. The Morgan fingerprint density at radius 1 is 1.50 bits per heavy atom. The third kappa shape index (κ3) is 3.56. The van der Waals surface area contributed by atoms with Crippen LogP contribution in [-0.4, -0.2) is 67.5 Å². The third-order valence-electron chi connectivity index (χ3n) is 4.72. The van der Waals surface area contributed by atoms with Gasteiger partial charge in [-0.2, -0.15) is 17.0 Å². The second-order valence-electron chi connectivity index (χ2n) is 6.98. The highest BCUT2D eigenvalue weighted by molar-refractivity contribution is 7.86. The lowest BCUT2D eigenvalue weighted by Crippen LogP contribution is -2.48. The quantitative estimate of drug-likeness (QED) is 0.792. The fourth-order valence-corrected chi connectivity index (χ4v) is 4.68. The van der Waals surface area contributed by atoms with Gasteiger partial charge in [0.1, 0.15) is 18.0 Å². The summed E-state index contributed by atoms with van der Waals surface area (Å²) in [5, 5.41) is 0. The molecule has 2 saturated heterocycles. The molecule has 0 bridgehead atoms. The Kier molecular flexibility index (Phi) is 4.83. The number of rotatable bonds is 5. The Bertz CT molecular complexity index is 667. The topological polar surface area (TPSA) is 72.0 Å². The van der Waals surface area contributed by atoms with Gasteiger partial charge < -0.3 is 9.47 Å². The van der Waals surface area contributed by atoms with Crippen molar-refractivity contribution in [1.82, 2.24) is 13.6 Å². The van der Waals surface area contributed by atoms with Gasteiger partial charge in [0.15, 0.2) is 0 Å². The summed E-state index contributed by atoms with van der Waals surface area (Å²) < 4.78 is 39.5. The summed E-state index contributed by atoms with van der Waals surface area (Å²) >= 11 is 0. The van der Waals surface area contributed by atoms with Crippen LogP contribution in [0, 0.1) is 5.92 Å². The Hall–Kier alpha value is -1.22. The second-order valence-corrected chi connectivity index (χ2v) is 9.13.